The standard InChI is InChI=1S/C31H26N6O/c1-3-21-15-17-22(18-16-21)32-29-31-34-30-27(20(2)35-37(30)23-10-5-4-6-11-23)28(26-14-9-19-38-26)36(31)25-13-8-7-12-24(25)33-29/h4-19,28H,3H2,1-2H3,(H,32,33)/t28-/m0/s1. The number of benzene rings is 3. The van der Waals surface area contributed by atoms with Crippen molar-refractivity contribution in [1.82, 2.24) is 9.78 Å². The highest BCUT2D eigenvalue weighted by Gasteiger charge is 2.42. The van der Waals surface area contributed by atoms with Crippen LogP contribution in [0.3, 0.4) is 0 Å². The Morgan fingerprint density at radius 3 is 2.42 bits per heavy atom. The zero-order valence-corrected chi connectivity index (χ0v) is 21.2. The molecule has 2 aliphatic heterocycles. The first kappa shape index (κ1) is 22.3. The second-order valence-corrected chi connectivity index (χ2v) is 9.42. The molecule has 4 heterocycles. The average Bonchev–Trinajstić information content (AvgIpc) is 3.61. The van der Waals surface area contributed by atoms with E-state index in [2.05, 4.69) is 47.5 Å². The number of para-hydroxylation sites is 3. The van der Waals surface area contributed by atoms with E-state index in [9.17, 15) is 0 Å². The summed E-state index contributed by atoms with van der Waals surface area (Å²) in [6, 6.07) is 30.4. The molecule has 0 fully saturated rings. The van der Waals surface area contributed by atoms with Crippen molar-refractivity contribution >= 4 is 34.6 Å². The molecule has 1 atom stereocenters. The number of rotatable bonds is 4. The Labute approximate surface area is 220 Å². The molecule has 2 aromatic heterocycles. The van der Waals surface area contributed by atoms with Gasteiger partial charge >= 0.3 is 0 Å². The van der Waals surface area contributed by atoms with Crippen LogP contribution >= 0.6 is 0 Å². The van der Waals surface area contributed by atoms with E-state index >= 15 is 0 Å². The Kier molecular flexibility index (Phi) is 5.21. The fourth-order valence-corrected chi connectivity index (χ4v) is 5.22. The van der Waals surface area contributed by atoms with E-state index in [1.165, 1.54) is 5.56 Å². The quantitative estimate of drug-likeness (QED) is 0.286. The van der Waals surface area contributed by atoms with Crippen molar-refractivity contribution in [3.8, 4) is 5.69 Å². The van der Waals surface area contributed by atoms with E-state index in [0.717, 1.165) is 52.0 Å². The molecule has 0 saturated carbocycles. The molecular formula is C31H26N6O. The number of anilines is 2. The number of nitrogens with one attached hydrogen (secondary N) is 1. The smallest absolute Gasteiger partial charge is 0.179 e. The lowest BCUT2D eigenvalue weighted by molar-refractivity contribution is 0.487. The van der Waals surface area contributed by atoms with Crippen molar-refractivity contribution in [3.05, 3.63) is 120 Å². The van der Waals surface area contributed by atoms with Crippen LogP contribution in [-0.2, 0) is 6.42 Å². The van der Waals surface area contributed by atoms with Crippen molar-refractivity contribution in [2.75, 3.05) is 10.2 Å². The van der Waals surface area contributed by atoms with E-state index < -0.39 is 0 Å². The lowest BCUT2D eigenvalue weighted by atomic mass is 9.98. The van der Waals surface area contributed by atoms with E-state index in [4.69, 9.17) is 19.5 Å². The van der Waals surface area contributed by atoms with Gasteiger partial charge in [0.15, 0.2) is 17.5 Å². The molecule has 7 rings (SSSR count). The highest BCUT2D eigenvalue weighted by molar-refractivity contribution is 6.51. The zero-order chi connectivity index (χ0) is 25.6. The van der Waals surface area contributed by atoms with Gasteiger partial charge in [0.1, 0.15) is 11.8 Å². The third kappa shape index (κ3) is 3.55. The Balaban J connectivity index is 1.46. The van der Waals surface area contributed by atoms with Gasteiger partial charge in [0.2, 0.25) is 0 Å². The number of hydrogen-bond acceptors (Lipinski definition) is 6. The predicted octanol–water partition coefficient (Wildman–Crippen LogP) is 7.13. The number of aryl methyl sites for hydroxylation is 2. The van der Waals surface area contributed by atoms with Gasteiger partial charge in [-0.25, -0.2) is 14.7 Å². The van der Waals surface area contributed by atoms with Crippen LogP contribution in [0.4, 0.5) is 22.9 Å². The number of aromatic nitrogens is 2. The normalized spacial score (nSPS) is 15.7. The summed E-state index contributed by atoms with van der Waals surface area (Å²) in [5, 5.41) is 8.50. The van der Waals surface area contributed by atoms with Crippen LogP contribution in [-0.4, -0.2) is 21.5 Å². The highest BCUT2D eigenvalue weighted by Crippen LogP contribution is 2.48. The monoisotopic (exact) mass is 498 g/mol. The summed E-state index contributed by atoms with van der Waals surface area (Å²) in [5.74, 6) is 2.98. The fraction of sp³-hybridized carbons (Fsp3) is 0.129. The summed E-state index contributed by atoms with van der Waals surface area (Å²) in [7, 11) is 0. The summed E-state index contributed by atoms with van der Waals surface area (Å²) in [5.41, 5.74) is 6.94. The molecule has 0 unspecified atom stereocenters. The van der Waals surface area contributed by atoms with Crippen LogP contribution in [0.15, 0.2) is 112 Å². The van der Waals surface area contributed by atoms with Gasteiger partial charge in [-0.3, -0.25) is 0 Å². The minimum atomic E-state index is -0.263. The molecule has 0 bridgehead atoms. The first-order valence-corrected chi connectivity index (χ1v) is 12.8. The molecule has 0 radical (unpaired) electrons. The van der Waals surface area contributed by atoms with Gasteiger partial charge in [-0.1, -0.05) is 49.4 Å². The van der Waals surface area contributed by atoms with E-state index in [1.54, 1.807) is 6.26 Å². The van der Waals surface area contributed by atoms with Crippen molar-refractivity contribution in [2.24, 2.45) is 9.98 Å². The van der Waals surface area contributed by atoms with Crippen molar-refractivity contribution in [1.29, 1.82) is 0 Å². The Morgan fingerprint density at radius 2 is 1.66 bits per heavy atom. The van der Waals surface area contributed by atoms with E-state index in [1.807, 2.05) is 72.3 Å². The molecule has 7 heteroatoms. The van der Waals surface area contributed by atoms with E-state index in [-0.39, 0.29) is 6.04 Å². The highest BCUT2D eigenvalue weighted by atomic mass is 16.3. The van der Waals surface area contributed by atoms with Crippen LogP contribution in [0.5, 0.6) is 0 Å². The maximum atomic E-state index is 6.05. The third-order valence-electron chi connectivity index (χ3n) is 7.08. The van der Waals surface area contributed by atoms with Gasteiger partial charge in [-0.05, 0) is 67.4 Å². The summed E-state index contributed by atoms with van der Waals surface area (Å²) in [6.07, 6.45) is 2.71. The Morgan fingerprint density at radius 1 is 0.868 bits per heavy atom. The second-order valence-electron chi connectivity index (χ2n) is 9.42. The van der Waals surface area contributed by atoms with Crippen LogP contribution in [0.25, 0.3) is 5.69 Å². The summed E-state index contributed by atoms with van der Waals surface area (Å²) in [6.45, 7) is 4.19. The SMILES string of the molecule is CCc1ccc(NC2=Nc3ccccc3N3C2=Nc2c(c(C)nn2-c2ccccc2)[C@@H]3c2ccco2)cc1. The molecule has 0 aliphatic carbocycles. The Bertz CT molecular complexity index is 1680. The molecular weight excluding hydrogens is 472 g/mol. The first-order chi connectivity index (χ1) is 18.7. The van der Waals surface area contributed by atoms with Crippen molar-refractivity contribution < 1.29 is 4.42 Å². The molecule has 0 saturated heterocycles. The maximum Gasteiger partial charge on any atom is 0.179 e. The lowest BCUT2D eigenvalue weighted by Crippen LogP contribution is -2.46. The topological polar surface area (TPSA) is 71.0 Å². The molecule has 186 valence electrons. The van der Waals surface area contributed by atoms with Crippen molar-refractivity contribution in [2.45, 2.75) is 26.3 Å². The van der Waals surface area contributed by atoms with Gasteiger partial charge in [0, 0.05) is 5.69 Å². The molecule has 38 heavy (non-hydrogen) atoms. The van der Waals surface area contributed by atoms with Gasteiger partial charge in [-0.2, -0.15) is 5.10 Å². The molecule has 2 aliphatic rings. The van der Waals surface area contributed by atoms with Gasteiger partial charge < -0.3 is 14.6 Å². The number of amidine groups is 2. The molecule has 0 amide bonds. The maximum absolute atomic E-state index is 6.05. The van der Waals surface area contributed by atoms with Crippen LogP contribution < -0.4 is 10.2 Å². The summed E-state index contributed by atoms with van der Waals surface area (Å²) >= 11 is 0. The number of furan rings is 1. The largest absolute Gasteiger partial charge is 0.467 e. The van der Waals surface area contributed by atoms with Crippen LogP contribution in [0.2, 0.25) is 0 Å². The van der Waals surface area contributed by atoms with E-state index in [0.29, 0.717) is 11.7 Å². The number of hydrogen-bond donors (Lipinski definition) is 1. The number of fused-ring (bicyclic) bond motifs is 4. The van der Waals surface area contributed by atoms with Crippen LogP contribution in [0, 0.1) is 6.92 Å². The number of aliphatic imine (C=N–C) groups is 2. The van der Waals surface area contributed by atoms with Crippen LogP contribution in [0.1, 0.15) is 35.5 Å². The first-order valence-electron chi connectivity index (χ1n) is 12.8. The fourth-order valence-electron chi connectivity index (χ4n) is 5.22. The molecule has 3 aromatic carbocycles. The average molecular weight is 499 g/mol. The zero-order valence-electron chi connectivity index (χ0n) is 21.2. The molecule has 7 nitrogen and oxygen atoms in total. The van der Waals surface area contributed by atoms with Gasteiger partial charge in [0.25, 0.3) is 0 Å². The van der Waals surface area contributed by atoms with Crippen molar-refractivity contribution in [3.63, 3.8) is 0 Å². The lowest BCUT2D eigenvalue weighted by Gasteiger charge is -2.39. The molecule has 0 spiro atoms. The number of nitrogens with zero attached hydrogens (tertiary/aromatic N) is 5. The van der Waals surface area contributed by atoms with Gasteiger partial charge in [-0.15, -0.1) is 0 Å². The summed E-state index contributed by atoms with van der Waals surface area (Å²) < 4.78 is 7.96. The third-order valence-corrected chi connectivity index (χ3v) is 7.08. The summed E-state index contributed by atoms with van der Waals surface area (Å²) in [4.78, 5) is 12.5. The molecule has 1 N–H and O–H groups in total. The second kappa shape index (κ2) is 8.88. The Hall–Kier alpha value is -4.91. The molecule has 5 aromatic rings. The minimum absolute atomic E-state index is 0.263. The predicted molar refractivity (Wildman–Crippen MR) is 151 cm³/mol. The van der Waals surface area contributed by atoms with Gasteiger partial charge in [0.05, 0.1) is 34.6 Å². The minimum Gasteiger partial charge on any atom is -0.467 e.